The maximum absolute atomic E-state index is 10.8. The zero-order valence-corrected chi connectivity index (χ0v) is 12.1. The quantitative estimate of drug-likeness (QED) is 0.423. The molecule has 3 heterocycles. The number of aromatic nitrogens is 6. The second kappa shape index (κ2) is 4.83. The van der Waals surface area contributed by atoms with Gasteiger partial charge < -0.3 is 0 Å². The highest BCUT2D eigenvalue weighted by molar-refractivity contribution is 5.90. The number of nitro groups is 1. The van der Waals surface area contributed by atoms with Crippen molar-refractivity contribution in [1.29, 1.82) is 0 Å². The van der Waals surface area contributed by atoms with Gasteiger partial charge in [-0.1, -0.05) is 12.1 Å². The molecule has 23 heavy (non-hydrogen) atoms. The van der Waals surface area contributed by atoms with Gasteiger partial charge in [-0.3, -0.25) is 14.8 Å². The monoisotopic (exact) mass is 309 g/mol. The second-order valence-electron chi connectivity index (χ2n) is 5.11. The minimum absolute atomic E-state index is 0.0623. The van der Waals surface area contributed by atoms with Gasteiger partial charge in [0.2, 0.25) is 0 Å². The van der Waals surface area contributed by atoms with Gasteiger partial charge >= 0.3 is 5.69 Å². The third-order valence-electron chi connectivity index (χ3n) is 3.67. The molecule has 0 saturated carbocycles. The Bertz CT molecular complexity index is 1040. The molecule has 4 rings (SSSR count). The minimum atomic E-state index is -0.481. The molecule has 0 aliphatic heterocycles. The molecule has 0 bridgehead atoms. The first kappa shape index (κ1) is 13.3. The Morgan fingerprint density at radius 1 is 1.30 bits per heavy atom. The normalized spacial score (nSPS) is 12.7. The van der Waals surface area contributed by atoms with E-state index >= 15 is 0 Å². The summed E-state index contributed by atoms with van der Waals surface area (Å²) in [7, 11) is 0. The van der Waals surface area contributed by atoms with Gasteiger partial charge in [-0.15, -0.1) is 5.10 Å². The van der Waals surface area contributed by atoms with E-state index < -0.39 is 4.92 Å². The molecule has 4 aromatic rings. The van der Waals surface area contributed by atoms with E-state index in [-0.39, 0.29) is 11.7 Å². The fourth-order valence-corrected chi connectivity index (χ4v) is 2.43. The van der Waals surface area contributed by atoms with Gasteiger partial charge in [-0.25, -0.2) is 14.5 Å². The first-order valence-corrected chi connectivity index (χ1v) is 6.92. The molecule has 1 atom stereocenters. The average molecular weight is 309 g/mol. The van der Waals surface area contributed by atoms with Crippen LogP contribution in [0.3, 0.4) is 0 Å². The highest BCUT2D eigenvalue weighted by Crippen LogP contribution is 2.21. The highest BCUT2D eigenvalue weighted by Gasteiger charge is 2.19. The minimum Gasteiger partial charge on any atom is -0.258 e. The Kier molecular flexibility index (Phi) is 2.80. The zero-order chi connectivity index (χ0) is 16.0. The first-order chi connectivity index (χ1) is 11.1. The summed E-state index contributed by atoms with van der Waals surface area (Å²) >= 11 is 0. The largest absolute Gasteiger partial charge is 0.307 e. The van der Waals surface area contributed by atoms with Crippen LogP contribution in [0.25, 0.3) is 16.6 Å². The smallest absolute Gasteiger partial charge is 0.258 e. The number of para-hydroxylation sites is 1. The van der Waals surface area contributed by atoms with Crippen LogP contribution in [-0.4, -0.2) is 34.3 Å². The maximum atomic E-state index is 10.8. The predicted octanol–water partition coefficient (Wildman–Crippen LogP) is 1.99. The van der Waals surface area contributed by atoms with Gasteiger partial charge in [0.15, 0.2) is 11.5 Å². The van der Waals surface area contributed by atoms with Crippen molar-refractivity contribution in [2.24, 2.45) is 0 Å². The first-order valence-electron chi connectivity index (χ1n) is 6.92. The maximum Gasteiger partial charge on any atom is 0.307 e. The molecule has 0 fully saturated rings. The van der Waals surface area contributed by atoms with E-state index in [1.54, 1.807) is 10.8 Å². The van der Waals surface area contributed by atoms with Crippen LogP contribution < -0.4 is 0 Å². The summed E-state index contributed by atoms with van der Waals surface area (Å²) in [6.45, 7) is 1.83. The van der Waals surface area contributed by atoms with Crippen LogP contribution in [0.15, 0.2) is 43.0 Å². The van der Waals surface area contributed by atoms with E-state index in [4.69, 9.17) is 0 Å². The molecule has 0 N–H and O–H groups in total. The van der Waals surface area contributed by atoms with Gasteiger partial charge in [0, 0.05) is 5.39 Å². The van der Waals surface area contributed by atoms with E-state index in [0.717, 1.165) is 10.9 Å². The summed E-state index contributed by atoms with van der Waals surface area (Å²) in [6, 6.07) is 7.33. The molecular weight excluding hydrogens is 298 g/mol. The zero-order valence-electron chi connectivity index (χ0n) is 12.1. The molecule has 9 heteroatoms. The van der Waals surface area contributed by atoms with Gasteiger partial charge in [-0.05, 0) is 19.1 Å². The summed E-state index contributed by atoms with van der Waals surface area (Å²) in [5.74, 6) is 0.515. The van der Waals surface area contributed by atoms with Crippen LogP contribution in [0.2, 0.25) is 0 Å². The second-order valence-corrected chi connectivity index (χ2v) is 5.11. The van der Waals surface area contributed by atoms with Crippen LogP contribution in [0.5, 0.6) is 0 Å². The Hall–Kier alpha value is -3.36. The summed E-state index contributed by atoms with van der Waals surface area (Å²) in [5.41, 5.74) is 1.47. The van der Waals surface area contributed by atoms with Crippen molar-refractivity contribution in [3.05, 3.63) is 58.9 Å². The molecule has 0 radical (unpaired) electrons. The van der Waals surface area contributed by atoms with Crippen molar-refractivity contribution in [3.8, 4) is 0 Å². The molecule has 0 amide bonds. The molecule has 9 nitrogen and oxygen atoms in total. The summed E-state index contributed by atoms with van der Waals surface area (Å²) in [4.78, 5) is 19.2. The lowest BCUT2D eigenvalue weighted by molar-refractivity contribution is -0.385. The van der Waals surface area contributed by atoms with E-state index in [1.165, 1.54) is 17.1 Å². The molecule has 0 saturated heterocycles. The standard InChI is InChI=1S/C14H11N7O2/c1-9(19-7-10(6-16-19)21(22)23)13-17-14-11-4-2-3-5-12(11)15-8-20(14)18-13/h2-9H,1H3. The number of benzene rings is 1. The molecular formula is C14H11N7O2. The van der Waals surface area contributed by atoms with E-state index in [9.17, 15) is 10.1 Å². The van der Waals surface area contributed by atoms with Gasteiger partial charge in [0.25, 0.3) is 0 Å². The average Bonchev–Trinajstić information content (AvgIpc) is 3.21. The summed E-state index contributed by atoms with van der Waals surface area (Å²) < 4.78 is 3.08. The van der Waals surface area contributed by atoms with Crippen LogP contribution in [0.4, 0.5) is 5.69 Å². The molecule has 0 aliphatic carbocycles. The van der Waals surface area contributed by atoms with E-state index in [2.05, 4.69) is 20.2 Å². The van der Waals surface area contributed by atoms with Gasteiger partial charge in [-0.2, -0.15) is 5.10 Å². The lowest BCUT2D eigenvalue weighted by atomic mass is 10.2. The Morgan fingerprint density at radius 2 is 2.13 bits per heavy atom. The van der Waals surface area contributed by atoms with E-state index in [0.29, 0.717) is 11.5 Å². The summed E-state index contributed by atoms with van der Waals surface area (Å²) in [6.07, 6.45) is 4.18. The van der Waals surface area contributed by atoms with Crippen LogP contribution >= 0.6 is 0 Å². The van der Waals surface area contributed by atoms with Crippen molar-refractivity contribution in [1.82, 2.24) is 29.4 Å². The molecule has 3 aromatic heterocycles. The summed E-state index contributed by atoms with van der Waals surface area (Å²) in [5, 5.41) is 20.1. The van der Waals surface area contributed by atoms with Crippen molar-refractivity contribution < 1.29 is 4.92 Å². The Morgan fingerprint density at radius 3 is 2.91 bits per heavy atom. The molecule has 114 valence electrons. The number of hydrogen-bond acceptors (Lipinski definition) is 6. The number of rotatable bonds is 3. The van der Waals surface area contributed by atoms with Crippen molar-refractivity contribution >= 4 is 22.2 Å². The molecule has 1 aromatic carbocycles. The molecule has 0 aliphatic rings. The Balaban J connectivity index is 1.81. The number of nitrogens with zero attached hydrogens (tertiary/aromatic N) is 7. The lowest BCUT2D eigenvalue weighted by Gasteiger charge is -2.05. The highest BCUT2D eigenvalue weighted by atomic mass is 16.6. The SMILES string of the molecule is CC(c1nc2c3ccccc3ncn2n1)n1cc([N+](=O)[O-])cn1. The van der Waals surface area contributed by atoms with E-state index in [1.807, 2.05) is 31.2 Å². The lowest BCUT2D eigenvalue weighted by Crippen LogP contribution is -2.09. The fourth-order valence-electron chi connectivity index (χ4n) is 2.43. The topological polar surface area (TPSA) is 104 Å². The van der Waals surface area contributed by atoms with Crippen LogP contribution in [0.1, 0.15) is 18.8 Å². The van der Waals surface area contributed by atoms with Crippen LogP contribution in [-0.2, 0) is 0 Å². The van der Waals surface area contributed by atoms with Crippen LogP contribution in [0, 0.1) is 10.1 Å². The molecule has 0 spiro atoms. The molecule has 1 unspecified atom stereocenters. The van der Waals surface area contributed by atoms with Gasteiger partial charge in [0.1, 0.15) is 24.8 Å². The Labute approximate surface area is 129 Å². The van der Waals surface area contributed by atoms with Crippen molar-refractivity contribution in [3.63, 3.8) is 0 Å². The predicted molar refractivity (Wildman–Crippen MR) is 81.0 cm³/mol. The number of hydrogen-bond donors (Lipinski definition) is 0. The third kappa shape index (κ3) is 2.09. The van der Waals surface area contributed by atoms with Crippen molar-refractivity contribution in [2.45, 2.75) is 13.0 Å². The van der Waals surface area contributed by atoms with Crippen molar-refractivity contribution in [2.75, 3.05) is 0 Å². The number of fused-ring (bicyclic) bond motifs is 3. The third-order valence-corrected chi connectivity index (χ3v) is 3.67. The fraction of sp³-hybridized carbons (Fsp3) is 0.143. The van der Waals surface area contributed by atoms with Gasteiger partial charge in [0.05, 0.1) is 10.4 Å².